The van der Waals surface area contributed by atoms with Crippen molar-refractivity contribution in [2.45, 2.75) is 51.0 Å². The molecule has 0 aromatic carbocycles. The number of ether oxygens (including phenoxy) is 1. The predicted molar refractivity (Wildman–Crippen MR) is 59.3 cm³/mol. The number of carbonyl (C=O) groups is 1. The maximum Gasteiger partial charge on any atom is 0.325 e. The largest absolute Gasteiger partial charge is 0.459 e. The van der Waals surface area contributed by atoms with Gasteiger partial charge in [-0.2, -0.15) is 0 Å². The lowest BCUT2D eigenvalue weighted by atomic mass is 10.0. The molecule has 1 fully saturated rings. The Morgan fingerprint density at radius 2 is 2.07 bits per heavy atom. The minimum absolute atomic E-state index is 0.0671. The number of nitrogens with one attached hydrogen (secondary N) is 1. The molecule has 1 aliphatic rings. The van der Waals surface area contributed by atoms with Crippen LogP contribution in [0.3, 0.4) is 0 Å². The molecule has 0 aromatic heterocycles. The predicted octanol–water partition coefficient (Wildman–Crippen LogP) is 1.77. The van der Waals surface area contributed by atoms with Crippen molar-refractivity contribution in [1.82, 2.24) is 5.32 Å². The highest BCUT2D eigenvalue weighted by atomic mass is 32.2. The summed E-state index contributed by atoms with van der Waals surface area (Å²) >= 11 is 1.75. The average molecular weight is 217 g/mol. The van der Waals surface area contributed by atoms with Gasteiger partial charge in [0, 0.05) is 10.6 Å². The molecule has 1 N–H and O–H groups in total. The van der Waals surface area contributed by atoms with E-state index >= 15 is 0 Å². The van der Waals surface area contributed by atoms with Crippen LogP contribution in [0.4, 0.5) is 0 Å². The Morgan fingerprint density at radius 1 is 1.50 bits per heavy atom. The molecule has 4 heteroatoms. The van der Waals surface area contributed by atoms with Crippen molar-refractivity contribution in [1.29, 1.82) is 0 Å². The molecule has 0 aromatic rings. The van der Waals surface area contributed by atoms with Crippen molar-refractivity contribution >= 4 is 17.7 Å². The lowest BCUT2D eigenvalue weighted by molar-refractivity contribution is -0.157. The van der Waals surface area contributed by atoms with Gasteiger partial charge in [0.15, 0.2) is 0 Å². The van der Waals surface area contributed by atoms with Gasteiger partial charge < -0.3 is 4.74 Å². The normalized spacial score (nSPS) is 26.2. The highest BCUT2D eigenvalue weighted by molar-refractivity contribution is 8.00. The van der Waals surface area contributed by atoms with Crippen LogP contribution < -0.4 is 5.32 Å². The first kappa shape index (κ1) is 11.9. The monoisotopic (exact) mass is 217 g/mol. The van der Waals surface area contributed by atoms with Crippen molar-refractivity contribution in [3.05, 3.63) is 0 Å². The summed E-state index contributed by atoms with van der Waals surface area (Å²) in [5, 5.41) is 3.16. The van der Waals surface area contributed by atoms with Gasteiger partial charge in [-0.05, 0) is 34.6 Å². The van der Waals surface area contributed by atoms with Crippen molar-refractivity contribution in [3.63, 3.8) is 0 Å². The van der Waals surface area contributed by atoms with E-state index in [1.165, 1.54) is 0 Å². The fourth-order valence-corrected chi connectivity index (χ4v) is 2.34. The molecule has 0 amide bonds. The van der Waals surface area contributed by atoms with E-state index in [0.29, 0.717) is 0 Å². The minimum atomic E-state index is -0.401. The molecule has 0 spiro atoms. The maximum absolute atomic E-state index is 11.8. The number of carbonyl (C=O) groups excluding carboxylic acids is 1. The third kappa shape index (κ3) is 2.89. The van der Waals surface area contributed by atoms with Crippen LogP contribution in [0.5, 0.6) is 0 Å². The third-order valence-corrected chi connectivity index (χ3v) is 3.36. The number of hydrogen-bond acceptors (Lipinski definition) is 4. The number of rotatable bonds is 1. The standard InChI is InChI=1S/C10H19NO2S/c1-9(2,3)13-8(12)7-10(4,5)14-6-11-7/h7,11H,6H2,1-5H3. The third-order valence-electron chi connectivity index (χ3n) is 2.07. The fraction of sp³-hybridized carbons (Fsp3) is 0.900. The summed E-state index contributed by atoms with van der Waals surface area (Å²) < 4.78 is 5.28. The lowest BCUT2D eigenvalue weighted by Crippen LogP contribution is -2.46. The van der Waals surface area contributed by atoms with E-state index in [4.69, 9.17) is 4.74 Å². The zero-order chi connectivity index (χ0) is 11.0. The first-order chi connectivity index (χ1) is 6.22. The van der Waals surface area contributed by atoms with Crippen molar-refractivity contribution < 1.29 is 9.53 Å². The molecular formula is C10H19NO2S. The van der Waals surface area contributed by atoms with E-state index < -0.39 is 5.60 Å². The van der Waals surface area contributed by atoms with E-state index in [9.17, 15) is 4.79 Å². The number of esters is 1. The summed E-state index contributed by atoms with van der Waals surface area (Å²) in [6.45, 7) is 9.79. The van der Waals surface area contributed by atoms with Crippen molar-refractivity contribution in [2.24, 2.45) is 0 Å². The lowest BCUT2D eigenvalue weighted by Gasteiger charge is -2.27. The molecule has 1 saturated heterocycles. The molecule has 1 atom stereocenters. The summed E-state index contributed by atoms with van der Waals surface area (Å²) in [4.78, 5) is 11.8. The summed E-state index contributed by atoms with van der Waals surface area (Å²) in [6.07, 6.45) is 0. The first-order valence-electron chi connectivity index (χ1n) is 4.82. The Bertz CT molecular complexity index is 233. The second-order valence-corrected chi connectivity index (χ2v) is 6.69. The van der Waals surface area contributed by atoms with Crippen LogP contribution in [0, 0.1) is 0 Å². The molecular weight excluding hydrogens is 198 g/mol. The van der Waals surface area contributed by atoms with Crippen LogP contribution in [0.25, 0.3) is 0 Å². The highest BCUT2D eigenvalue weighted by Crippen LogP contribution is 2.33. The van der Waals surface area contributed by atoms with Gasteiger partial charge in [0.2, 0.25) is 0 Å². The number of hydrogen-bond donors (Lipinski definition) is 1. The zero-order valence-electron chi connectivity index (χ0n) is 9.51. The highest BCUT2D eigenvalue weighted by Gasteiger charge is 2.42. The molecule has 0 aliphatic carbocycles. The molecule has 0 radical (unpaired) electrons. The van der Waals surface area contributed by atoms with Crippen LogP contribution in [-0.4, -0.2) is 28.2 Å². The van der Waals surface area contributed by atoms with Gasteiger partial charge in [0.05, 0.1) is 0 Å². The number of thioether (sulfide) groups is 1. The van der Waals surface area contributed by atoms with Crippen LogP contribution in [0.1, 0.15) is 34.6 Å². The molecule has 0 bridgehead atoms. The van der Waals surface area contributed by atoms with E-state index in [0.717, 1.165) is 5.88 Å². The molecule has 1 heterocycles. The summed E-state index contributed by atoms with van der Waals surface area (Å²) in [6, 6.07) is -0.188. The van der Waals surface area contributed by atoms with E-state index in [1.807, 2.05) is 20.8 Å². The SMILES string of the molecule is CC(C)(C)OC(=O)C1NCSC1(C)C. The van der Waals surface area contributed by atoms with E-state index in [-0.39, 0.29) is 16.8 Å². The van der Waals surface area contributed by atoms with Crippen LogP contribution in [0.2, 0.25) is 0 Å². The minimum Gasteiger partial charge on any atom is -0.459 e. The molecule has 3 nitrogen and oxygen atoms in total. The molecule has 1 aliphatic heterocycles. The molecule has 14 heavy (non-hydrogen) atoms. The second kappa shape index (κ2) is 3.74. The summed E-state index contributed by atoms with van der Waals surface area (Å²) in [7, 11) is 0. The Kier molecular flexibility index (Phi) is 3.17. The Labute approximate surface area is 90.0 Å². The van der Waals surface area contributed by atoms with Gasteiger partial charge >= 0.3 is 5.97 Å². The molecule has 0 saturated carbocycles. The first-order valence-corrected chi connectivity index (χ1v) is 5.81. The average Bonchev–Trinajstić information content (AvgIpc) is 2.25. The van der Waals surface area contributed by atoms with Gasteiger partial charge in [-0.25, -0.2) is 0 Å². The van der Waals surface area contributed by atoms with Gasteiger partial charge in [0.1, 0.15) is 11.6 Å². The van der Waals surface area contributed by atoms with Crippen LogP contribution in [0.15, 0.2) is 0 Å². The van der Waals surface area contributed by atoms with E-state index in [1.54, 1.807) is 11.8 Å². The van der Waals surface area contributed by atoms with Gasteiger partial charge in [-0.3, -0.25) is 10.1 Å². The van der Waals surface area contributed by atoms with Gasteiger partial charge in [0.25, 0.3) is 0 Å². The topological polar surface area (TPSA) is 38.3 Å². The second-order valence-electron chi connectivity index (χ2n) is 5.06. The molecule has 82 valence electrons. The fourth-order valence-electron chi connectivity index (χ4n) is 1.37. The van der Waals surface area contributed by atoms with Crippen molar-refractivity contribution in [2.75, 3.05) is 5.88 Å². The zero-order valence-corrected chi connectivity index (χ0v) is 10.3. The Balaban J connectivity index is 2.62. The van der Waals surface area contributed by atoms with Crippen molar-refractivity contribution in [3.8, 4) is 0 Å². The molecule has 1 unspecified atom stereocenters. The van der Waals surface area contributed by atoms with Gasteiger partial charge in [-0.15, -0.1) is 11.8 Å². The van der Waals surface area contributed by atoms with Gasteiger partial charge in [-0.1, -0.05) is 0 Å². The quantitative estimate of drug-likeness (QED) is 0.679. The van der Waals surface area contributed by atoms with Crippen LogP contribution >= 0.6 is 11.8 Å². The summed E-state index contributed by atoms with van der Waals surface area (Å²) in [5.74, 6) is 0.671. The molecule has 1 rings (SSSR count). The summed E-state index contributed by atoms with van der Waals surface area (Å²) in [5.41, 5.74) is -0.401. The Morgan fingerprint density at radius 3 is 2.43 bits per heavy atom. The van der Waals surface area contributed by atoms with Crippen LogP contribution in [-0.2, 0) is 9.53 Å². The smallest absolute Gasteiger partial charge is 0.325 e. The Hall–Kier alpha value is -0.220. The maximum atomic E-state index is 11.8. The van der Waals surface area contributed by atoms with E-state index in [2.05, 4.69) is 19.2 Å².